The molecule has 8 aromatic rings. The van der Waals surface area contributed by atoms with Gasteiger partial charge in [0, 0.05) is 28.4 Å². The van der Waals surface area contributed by atoms with E-state index in [-0.39, 0.29) is 16.6 Å². The van der Waals surface area contributed by atoms with E-state index in [1.165, 1.54) is 0 Å². The van der Waals surface area contributed by atoms with Gasteiger partial charge in [-0.25, -0.2) is 4.98 Å². The molecule has 8 rings (SSSR count). The summed E-state index contributed by atoms with van der Waals surface area (Å²) < 4.78 is 34.7. The van der Waals surface area contributed by atoms with Gasteiger partial charge in [0.1, 0.15) is 11.6 Å². The first-order chi connectivity index (χ1) is 29.6. The molecule has 2 aromatic heterocycles. The molecule has 296 valence electrons. The Morgan fingerprint density at radius 2 is 1.34 bits per heavy atom. The summed E-state index contributed by atoms with van der Waals surface area (Å²) in [5.41, 5.74) is 14.4. The molecule has 0 fully saturated rings. The molecule has 1 N–H and O–H groups in total. The number of pyridine rings is 1. The van der Waals surface area contributed by atoms with Crippen molar-refractivity contribution < 1.29 is 10.6 Å². The molecule has 0 radical (unpaired) electrons. The van der Waals surface area contributed by atoms with Crippen LogP contribution in [0.2, 0.25) is 0 Å². The molecule has 0 bridgehead atoms. The van der Waals surface area contributed by atoms with Crippen LogP contribution in [0.1, 0.15) is 94.6 Å². The third kappa shape index (κ3) is 7.72. The quantitative estimate of drug-likeness (QED) is 0.175. The van der Waals surface area contributed by atoms with Crippen LogP contribution < -0.4 is 0 Å². The number of imidazole rings is 1. The minimum atomic E-state index is -2.17. The van der Waals surface area contributed by atoms with E-state index in [4.69, 9.17) is 15.5 Å². The second-order valence-corrected chi connectivity index (χ2v) is 18.0. The fourth-order valence-corrected chi connectivity index (χ4v) is 7.83. The monoisotopic (exact) mass is 777 g/mol. The van der Waals surface area contributed by atoms with Gasteiger partial charge in [0.15, 0.2) is 0 Å². The van der Waals surface area contributed by atoms with Crippen molar-refractivity contribution in [2.45, 2.75) is 85.9 Å². The van der Waals surface area contributed by atoms with Crippen LogP contribution >= 0.6 is 0 Å². The summed E-state index contributed by atoms with van der Waals surface area (Å²) in [4.78, 5) is 10.4. The van der Waals surface area contributed by atoms with Gasteiger partial charge in [-0.3, -0.25) is 9.55 Å². The number of nitrogens with zero attached hydrogens (tertiary/aromatic N) is 3. The van der Waals surface area contributed by atoms with Crippen molar-refractivity contribution >= 4 is 11.0 Å². The Bertz CT molecular complexity index is 3000. The summed E-state index contributed by atoms with van der Waals surface area (Å²) in [6.45, 7) is 16.8. The predicted molar refractivity (Wildman–Crippen MR) is 249 cm³/mol. The molecule has 59 heavy (non-hydrogen) atoms. The molecule has 0 unspecified atom stereocenters. The summed E-state index contributed by atoms with van der Waals surface area (Å²) in [6, 6.07) is 44.6. The van der Waals surface area contributed by atoms with Crippen molar-refractivity contribution in [3.05, 3.63) is 167 Å². The number of hydrogen-bond acceptors (Lipinski definition) is 3. The van der Waals surface area contributed by atoms with Crippen LogP contribution in [0.5, 0.6) is 5.75 Å². The molecule has 0 saturated heterocycles. The molecule has 0 aliphatic rings. The molecule has 0 aliphatic heterocycles. The van der Waals surface area contributed by atoms with Gasteiger partial charge < -0.3 is 5.11 Å². The fourth-order valence-electron chi connectivity index (χ4n) is 7.83. The molecule has 0 atom stereocenters. The summed E-state index contributed by atoms with van der Waals surface area (Å²) in [7, 11) is 0. The smallest absolute Gasteiger partial charge is 0.149 e. The SMILES string of the molecule is [2H]C([2H])([2H])c1ccc(-c2ccnc(-c3cc(-c4cccc5c4nc(-c4cc(C(C)(C)C)cc(C)c4O)n5-c4ccc(C([2H])(C)C)cc4-c4ccccc4)cc(C(C)(C)C)c3)c2)cc1. The van der Waals surface area contributed by atoms with Gasteiger partial charge in [0.2, 0.25) is 0 Å². The molecule has 6 aromatic carbocycles. The van der Waals surface area contributed by atoms with Crippen molar-refractivity contribution in [2.24, 2.45) is 0 Å². The molecule has 4 heteroatoms. The number of hydrogen-bond donors (Lipinski definition) is 1. The molecule has 2 heterocycles. The van der Waals surface area contributed by atoms with E-state index in [0.29, 0.717) is 17.0 Å². The van der Waals surface area contributed by atoms with Crippen LogP contribution in [0.15, 0.2) is 140 Å². The number of aromatic nitrogens is 3. The lowest BCUT2D eigenvalue weighted by molar-refractivity contribution is 0.471. The number of fused-ring (bicyclic) bond motifs is 1. The molecular weight excluding hydrogens is 719 g/mol. The van der Waals surface area contributed by atoms with E-state index < -0.39 is 12.7 Å². The number of phenols is 1. The van der Waals surface area contributed by atoms with Crippen LogP contribution in [0.25, 0.3) is 72.7 Å². The highest BCUT2D eigenvalue weighted by Crippen LogP contribution is 2.44. The van der Waals surface area contributed by atoms with Crippen molar-refractivity contribution in [2.75, 3.05) is 0 Å². The average molecular weight is 778 g/mol. The molecule has 4 nitrogen and oxygen atoms in total. The van der Waals surface area contributed by atoms with Crippen molar-refractivity contribution in [1.29, 1.82) is 0 Å². The highest BCUT2D eigenvalue weighted by Gasteiger charge is 2.26. The lowest BCUT2D eigenvalue weighted by Crippen LogP contribution is -2.12. The van der Waals surface area contributed by atoms with Gasteiger partial charge in [0.25, 0.3) is 0 Å². The number of phenolic OH excluding ortho intramolecular Hbond substituents is 1. The van der Waals surface area contributed by atoms with Crippen molar-refractivity contribution in [3.8, 4) is 67.5 Å². The molecule has 0 spiro atoms. The van der Waals surface area contributed by atoms with E-state index >= 15 is 0 Å². The zero-order valence-electron chi connectivity index (χ0n) is 39.6. The number of benzene rings is 6. The predicted octanol–water partition coefficient (Wildman–Crippen LogP) is 14.8. The van der Waals surface area contributed by atoms with Gasteiger partial charge in [-0.2, -0.15) is 0 Å². The van der Waals surface area contributed by atoms with E-state index in [1.807, 2.05) is 63.2 Å². The Labute approximate surface area is 355 Å². The number of para-hydroxylation sites is 1. The second kappa shape index (κ2) is 15.2. The molecular formula is C55H55N3O. The van der Waals surface area contributed by atoms with Gasteiger partial charge in [-0.15, -0.1) is 0 Å². The normalized spacial score (nSPS) is 13.5. The number of aryl methyl sites for hydroxylation is 2. The number of aromatic hydroxyl groups is 1. The summed E-state index contributed by atoms with van der Waals surface area (Å²) >= 11 is 0. The first-order valence-electron chi connectivity index (χ1n) is 22.4. The lowest BCUT2D eigenvalue weighted by Gasteiger charge is -2.22. The maximum absolute atomic E-state index is 12.0. The standard InChI is InChI=1S/C55H55N3O/c1-34(2)39-23-24-49(46(31-39)38-15-12-11-13-16-38)58-50-18-14-17-45(51(50)57-53(58)47-33-43(54(5,6)7)27-36(4)52(47)59)41-28-42(30-44(29-41)55(8,9)10)48-32-40(25-26-56-48)37-21-19-35(3)20-22-37/h11-34,59H,1-10H3/i3D3,34D. The topological polar surface area (TPSA) is 50.9 Å². The van der Waals surface area contributed by atoms with Gasteiger partial charge in [0.05, 0.1) is 28.0 Å². The average Bonchev–Trinajstić information content (AvgIpc) is 3.62. The molecule has 0 saturated carbocycles. The maximum atomic E-state index is 12.0. The van der Waals surface area contributed by atoms with E-state index in [9.17, 15) is 5.11 Å². The van der Waals surface area contributed by atoms with Crippen LogP contribution in [-0.2, 0) is 10.8 Å². The minimum Gasteiger partial charge on any atom is -0.507 e. The fraction of sp³-hybridized carbons (Fsp3) is 0.236. The Kier molecular flexibility index (Phi) is 8.93. The van der Waals surface area contributed by atoms with Gasteiger partial charge in [-0.1, -0.05) is 146 Å². The molecule has 0 amide bonds. The first kappa shape index (κ1) is 34.8. The minimum absolute atomic E-state index is 0.183. The zero-order chi connectivity index (χ0) is 45.2. The van der Waals surface area contributed by atoms with Crippen LogP contribution in [0.4, 0.5) is 0 Å². The Balaban J connectivity index is 1.40. The van der Waals surface area contributed by atoms with E-state index in [2.05, 4.69) is 125 Å². The van der Waals surface area contributed by atoms with Gasteiger partial charge in [-0.05, 0) is 124 Å². The lowest BCUT2D eigenvalue weighted by atomic mass is 9.83. The Morgan fingerprint density at radius 3 is 2.03 bits per heavy atom. The largest absolute Gasteiger partial charge is 0.507 e. The molecule has 0 aliphatic carbocycles. The van der Waals surface area contributed by atoms with Crippen LogP contribution in [0, 0.1) is 13.8 Å². The number of rotatable bonds is 7. The third-order valence-electron chi connectivity index (χ3n) is 11.4. The zero-order valence-corrected chi connectivity index (χ0v) is 35.6. The van der Waals surface area contributed by atoms with E-state index in [0.717, 1.165) is 83.6 Å². The first-order valence-corrected chi connectivity index (χ1v) is 20.4. The maximum Gasteiger partial charge on any atom is 0.149 e. The summed E-state index contributed by atoms with van der Waals surface area (Å²) in [5.74, 6) is -0.0347. The van der Waals surface area contributed by atoms with Gasteiger partial charge >= 0.3 is 0 Å². The van der Waals surface area contributed by atoms with Crippen molar-refractivity contribution in [1.82, 2.24) is 14.5 Å². The second-order valence-electron chi connectivity index (χ2n) is 18.0. The van der Waals surface area contributed by atoms with Crippen LogP contribution in [-0.4, -0.2) is 19.6 Å². The Morgan fingerprint density at radius 1 is 0.627 bits per heavy atom. The van der Waals surface area contributed by atoms with Crippen molar-refractivity contribution in [3.63, 3.8) is 0 Å². The van der Waals surface area contributed by atoms with Crippen LogP contribution in [0.3, 0.4) is 0 Å². The highest BCUT2D eigenvalue weighted by atomic mass is 16.3. The Hall–Kier alpha value is -6.26. The van der Waals surface area contributed by atoms with E-state index in [1.54, 1.807) is 18.3 Å². The highest BCUT2D eigenvalue weighted by molar-refractivity contribution is 5.98. The third-order valence-corrected chi connectivity index (χ3v) is 11.4. The summed E-state index contributed by atoms with van der Waals surface area (Å²) in [6.07, 6.45) is 1.80. The summed E-state index contributed by atoms with van der Waals surface area (Å²) in [5, 5.41) is 12.0.